The van der Waals surface area contributed by atoms with Crippen molar-refractivity contribution in [3.05, 3.63) is 58.9 Å². The van der Waals surface area contributed by atoms with E-state index < -0.39 is 11.7 Å². The number of halogens is 2. The maximum Gasteiger partial charge on any atom is 0.252 e. The molecule has 6 nitrogen and oxygen atoms in total. The van der Waals surface area contributed by atoms with Gasteiger partial charge in [0.1, 0.15) is 5.82 Å². The van der Waals surface area contributed by atoms with Gasteiger partial charge in [0.05, 0.1) is 22.0 Å². The predicted molar refractivity (Wildman–Crippen MR) is 118 cm³/mol. The average Bonchev–Trinajstić information content (AvgIpc) is 2.74. The third-order valence-corrected chi connectivity index (χ3v) is 5.46. The number of piperazine rings is 1. The summed E-state index contributed by atoms with van der Waals surface area (Å²) in [5.74, 6) is -1.15. The van der Waals surface area contributed by atoms with E-state index >= 15 is 0 Å². The highest BCUT2D eigenvalue weighted by Gasteiger charge is 2.19. The molecule has 1 aliphatic rings. The molecule has 0 unspecified atom stereocenters. The highest BCUT2D eigenvalue weighted by atomic mass is 35.5. The van der Waals surface area contributed by atoms with Crippen molar-refractivity contribution >= 4 is 34.8 Å². The number of para-hydroxylation sites is 2. The van der Waals surface area contributed by atoms with Gasteiger partial charge in [-0.05, 0) is 36.9 Å². The molecule has 30 heavy (non-hydrogen) atoms. The van der Waals surface area contributed by atoms with Crippen molar-refractivity contribution in [1.29, 1.82) is 0 Å². The van der Waals surface area contributed by atoms with Crippen molar-refractivity contribution in [2.75, 3.05) is 49.5 Å². The standard InChI is InChI=1S/C22H26ClFN4O2/c1-2-27-11-13-28(14-12-27)20-6-4-3-5-19(20)26-21(29)9-10-25-22(30)17-8-7-16(24)15-18(17)23/h3-8,15H,2,9-14H2,1H3,(H,25,30)(H,26,29). The SMILES string of the molecule is CCN1CCN(c2ccccc2NC(=O)CCNC(=O)c2ccc(F)cc2Cl)CC1. The van der Waals surface area contributed by atoms with Crippen LogP contribution in [0.2, 0.25) is 5.02 Å². The third kappa shape index (κ3) is 5.70. The van der Waals surface area contributed by atoms with Gasteiger partial charge in [-0.3, -0.25) is 9.59 Å². The minimum atomic E-state index is -0.509. The van der Waals surface area contributed by atoms with Gasteiger partial charge in [0, 0.05) is 39.1 Å². The Kier molecular flexibility index (Phi) is 7.65. The molecule has 160 valence electrons. The van der Waals surface area contributed by atoms with E-state index in [1.54, 1.807) is 0 Å². The second-order valence-corrected chi connectivity index (χ2v) is 7.52. The molecule has 0 spiro atoms. The number of benzene rings is 2. The van der Waals surface area contributed by atoms with Gasteiger partial charge in [-0.2, -0.15) is 0 Å². The zero-order chi connectivity index (χ0) is 21.5. The number of carbonyl (C=O) groups is 2. The molecule has 0 aromatic heterocycles. The number of anilines is 2. The summed E-state index contributed by atoms with van der Waals surface area (Å²) in [6, 6.07) is 11.3. The fourth-order valence-corrected chi connectivity index (χ4v) is 3.68. The van der Waals surface area contributed by atoms with E-state index in [1.165, 1.54) is 12.1 Å². The van der Waals surface area contributed by atoms with Crippen molar-refractivity contribution in [2.45, 2.75) is 13.3 Å². The largest absolute Gasteiger partial charge is 0.367 e. The summed E-state index contributed by atoms with van der Waals surface area (Å²) in [5, 5.41) is 5.62. The summed E-state index contributed by atoms with van der Waals surface area (Å²) in [6.07, 6.45) is 0.114. The third-order valence-electron chi connectivity index (χ3n) is 5.15. The number of rotatable bonds is 7. The molecule has 3 rings (SSSR count). The first-order chi connectivity index (χ1) is 14.5. The van der Waals surface area contributed by atoms with Gasteiger partial charge in [0.2, 0.25) is 5.91 Å². The molecule has 0 saturated carbocycles. The molecule has 2 N–H and O–H groups in total. The average molecular weight is 433 g/mol. The Morgan fingerprint density at radius 2 is 1.83 bits per heavy atom. The monoisotopic (exact) mass is 432 g/mol. The van der Waals surface area contributed by atoms with Crippen LogP contribution < -0.4 is 15.5 Å². The Morgan fingerprint density at radius 1 is 1.10 bits per heavy atom. The minimum absolute atomic E-state index is 0.0362. The molecule has 8 heteroatoms. The first-order valence-corrected chi connectivity index (χ1v) is 10.4. The van der Waals surface area contributed by atoms with Crippen LogP contribution in [0, 0.1) is 5.82 Å². The van der Waals surface area contributed by atoms with Gasteiger partial charge in [-0.25, -0.2) is 4.39 Å². The molecule has 2 aromatic rings. The zero-order valence-electron chi connectivity index (χ0n) is 17.0. The van der Waals surface area contributed by atoms with E-state index in [0.29, 0.717) is 0 Å². The number of nitrogens with one attached hydrogen (secondary N) is 2. The summed E-state index contributed by atoms with van der Waals surface area (Å²) >= 11 is 5.89. The maximum atomic E-state index is 13.1. The van der Waals surface area contributed by atoms with Crippen LogP contribution in [-0.4, -0.2) is 56.0 Å². The van der Waals surface area contributed by atoms with Gasteiger partial charge in [0.15, 0.2) is 0 Å². The minimum Gasteiger partial charge on any atom is -0.367 e. The number of nitrogens with zero attached hydrogens (tertiary/aromatic N) is 2. The summed E-state index contributed by atoms with van der Waals surface area (Å²) in [4.78, 5) is 29.3. The van der Waals surface area contributed by atoms with Crippen LogP contribution in [0.25, 0.3) is 0 Å². The van der Waals surface area contributed by atoms with Gasteiger partial charge in [0.25, 0.3) is 5.91 Å². The smallest absolute Gasteiger partial charge is 0.252 e. The lowest BCUT2D eigenvalue weighted by molar-refractivity contribution is -0.116. The Labute approximate surface area is 181 Å². The van der Waals surface area contributed by atoms with E-state index in [2.05, 4.69) is 27.4 Å². The number of carbonyl (C=O) groups excluding carboxylic acids is 2. The quantitative estimate of drug-likeness (QED) is 0.704. The number of hydrogen-bond acceptors (Lipinski definition) is 4. The van der Waals surface area contributed by atoms with Crippen molar-refractivity contribution in [2.24, 2.45) is 0 Å². The number of hydrogen-bond donors (Lipinski definition) is 2. The lowest BCUT2D eigenvalue weighted by atomic mass is 10.2. The summed E-state index contributed by atoms with van der Waals surface area (Å²) in [5.41, 5.74) is 1.94. The fourth-order valence-electron chi connectivity index (χ4n) is 3.43. The summed E-state index contributed by atoms with van der Waals surface area (Å²) in [6.45, 7) is 7.17. The Hall–Kier alpha value is -2.64. The Morgan fingerprint density at radius 3 is 2.53 bits per heavy atom. The molecule has 1 heterocycles. The number of likely N-dealkylation sites (N-methyl/N-ethyl adjacent to an activating group) is 1. The predicted octanol–water partition coefficient (Wildman–Crippen LogP) is 3.38. The van der Waals surface area contributed by atoms with E-state index in [9.17, 15) is 14.0 Å². The lowest BCUT2D eigenvalue weighted by Gasteiger charge is -2.36. The van der Waals surface area contributed by atoms with Crippen LogP contribution >= 0.6 is 11.6 Å². The molecular weight excluding hydrogens is 407 g/mol. The highest BCUT2D eigenvalue weighted by molar-refractivity contribution is 6.33. The zero-order valence-corrected chi connectivity index (χ0v) is 17.7. The lowest BCUT2D eigenvalue weighted by Crippen LogP contribution is -2.46. The molecule has 1 saturated heterocycles. The van der Waals surface area contributed by atoms with Crippen LogP contribution in [0.1, 0.15) is 23.7 Å². The van der Waals surface area contributed by atoms with Gasteiger partial charge < -0.3 is 20.4 Å². The van der Waals surface area contributed by atoms with E-state index in [0.717, 1.165) is 50.2 Å². The second kappa shape index (κ2) is 10.4. The van der Waals surface area contributed by atoms with Crippen LogP contribution in [-0.2, 0) is 4.79 Å². The molecule has 2 amide bonds. The van der Waals surface area contributed by atoms with Crippen molar-refractivity contribution in [3.63, 3.8) is 0 Å². The van der Waals surface area contributed by atoms with Crippen LogP contribution in [0.15, 0.2) is 42.5 Å². The van der Waals surface area contributed by atoms with E-state index in [1.807, 2.05) is 24.3 Å². The van der Waals surface area contributed by atoms with Crippen molar-refractivity contribution in [3.8, 4) is 0 Å². The molecule has 1 fully saturated rings. The fraction of sp³-hybridized carbons (Fsp3) is 0.364. The van der Waals surface area contributed by atoms with Crippen LogP contribution in [0.3, 0.4) is 0 Å². The maximum absolute atomic E-state index is 13.1. The second-order valence-electron chi connectivity index (χ2n) is 7.12. The van der Waals surface area contributed by atoms with Gasteiger partial charge in [-0.15, -0.1) is 0 Å². The molecule has 0 atom stereocenters. The summed E-state index contributed by atoms with van der Waals surface area (Å²) < 4.78 is 13.1. The van der Waals surface area contributed by atoms with E-state index in [4.69, 9.17) is 11.6 Å². The van der Waals surface area contributed by atoms with Gasteiger partial charge in [-0.1, -0.05) is 30.7 Å². The first-order valence-electron chi connectivity index (χ1n) is 10.1. The van der Waals surface area contributed by atoms with Crippen LogP contribution in [0.4, 0.5) is 15.8 Å². The van der Waals surface area contributed by atoms with Gasteiger partial charge >= 0.3 is 0 Å². The molecule has 2 aromatic carbocycles. The Balaban J connectivity index is 1.52. The molecule has 0 bridgehead atoms. The highest BCUT2D eigenvalue weighted by Crippen LogP contribution is 2.26. The first kappa shape index (κ1) is 22.1. The topological polar surface area (TPSA) is 64.7 Å². The van der Waals surface area contributed by atoms with Crippen molar-refractivity contribution in [1.82, 2.24) is 10.2 Å². The van der Waals surface area contributed by atoms with E-state index in [-0.39, 0.29) is 29.5 Å². The molecule has 0 radical (unpaired) electrons. The normalized spacial score (nSPS) is 14.4. The van der Waals surface area contributed by atoms with Crippen LogP contribution in [0.5, 0.6) is 0 Å². The summed E-state index contributed by atoms with van der Waals surface area (Å²) in [7, 11) is 0. The van der Waals surface area contributed by atoms with Crippen molar-refractivity contribution < 1.29 is 14.0 Å². The molecular formula is C22H26ClFN4O2. The number of amides is 2. The molecule has 1 aliphatic heterocycles. The Bertz CT molecular complexity index is 900. The molecule has 0 aliphatic carbocycles.